The first-order valence-corrected chi connectivity index (χ1v) is 21.6. The molecule has 0 fully saturated rings. The molecular formula is C47H46Cl2N5O13Ru+. The molecule has 0 spiro atoms. The Kier molecular flexibility index (Phi) is 25.9. The maximum Gasteiger partial charge on any atom is 2.00 e. The fourth-order valence-electron chi connectivity index (χ4n) is 5.54. The van der Waals surface area contributed by atoms with Crippen LogP contribution in [0.2, 0.25) is 0 Å². The van der Waals surface area contributed by atoms with Gasteiger partial charge in [-0.3, -0.25) is 9.97 Å². The Morgan fingerprint density at radius 1 is 0.471 bits per heavy atom. The Morgan fingerprint density at radius 3 is 1.07 bits per heavy atom. The summed E-state index contributed by atoms with van der Waals surface area (Å²) in [5.41, 5.74) is 9.14. The molecule has 0 atom stereocenters. The van der Waals surface area contributed by atoms with Crippen LogP contribution in [0.4, 0.5) is 11.4 Å². The minimum Gasteiger partial charge on any atom is -0.497 e. The third-order valence-electron chi connectivity index (χ3n) is 7.87. The molecular weight excluding hydrogens is 1010 g/mol. The number of nitrogens with zero attached hydrogens (tertiary/aromatic N) is 5. The van der Waals surface area contributed by atoms with Crippen LogP contribution in [0.5, 0.6) is 11.5 Å². The van der Waals surface area contributed by atoms with Crippen LogP contribution in [0.15, 0.2) is 162 Å². The van der Waals surface area contributed by atoms with Gasteiger partial charge in [0.05, 0.1) is 59.8 Å². The summed E-state index contributed by atoms with van der Waals surface area (Å²) < 4.78 is 78.5. The normalized spacial score (nSPS) is 11.9. The first kappa shape index (κ1) is 59.7. The number of aliphatic imine (C=N–C) groups is 2. The number of hydrogen-bond donors (Lipinski definition) is 0. The second kappa shape index (κ2) is 29.5. The zero-order valence-corrected chi connectivity index (χ0v) is 40.5. The largest absolute Gasteiger partial charge is 2.00 e. The number of ketones is 2. The zero-order valence-electron chi connectivity index (χ0n) is 37.3. The van der Waals surface area contributed by atoms with Crippen molar-refractivity contribution in [2.24, 2.45) is 9.98 Å². The number of pyridine rings is 3. The summed E-state index contributed by atoms with van der Waals surface area (Å²) in [4.78, 5) is 42.1. The van der Waals surface area contributed by atoms with E-state index in [0.717, 1.165) is 68.2 Å². The molecule has 0 amide bonds. The van der Waals surface area contributed by atoms with Gasteiger partial charge >= 0.3 is 19.5 Å². The predicted octanol–water partition coefficient (Wildman–Crippen LogP) is 0.0720. The quantitative estimate of drug-likeness (QED) is 0.157. The van der Waals surface area contributed by atoms with Crippen molar-refractivity contribution in [1.29, 1.82) is 0 Å². The molecule has 7 aromatic rings. The number of carbonyl (C=O) groups is 2. The van der Waals surface area contributed by atoms with Crippen LogP contribution in [0.1, 0.15) is 38.8 Å². The fourth-order valence-corrected chi connectivity index (χ4v) is 5.54. The number of Topliss-reactive ketones (excluding diaryl/α,β-unsaturated/α-hetero) is 2. The van der Waals surface area contributed by atoms with Gasteiger partial charge in [-0.05, 0) is 118 Å². The third-order valence-corrected chi connectivity index (χ3v) is 7.87. The van der Waals surface area contributed by atoms with Crippen LogP contribution in [0.3, 0.4) is 0 Å². The van der Waals surface area contributed by atoms with Gasteiger partial charge in [0.15, 0.2) is 0 Å². The molecule has 358 valence electrons. The van der Waals surface area contributed by atoms with Crippen molar-refractivity contribution in [1.82, 2.24) is 15.0 Å². The minimum absolute atomic E-state index is 0. The fraction of sp³-hybridized carbons (Fsp3) is 0.128. The van der Waals surface area contributed by atoms with Gasteiger partial charge < -0.3 is 24.5 Å². The Hall–Kier alpha value is -6.29. The maximum absolute atomic E-state index is 9.44. The molecule has 0 saturated carbocycles. The van der Waals surface area contributed by atoms with Crippen LogP contribution in [-0.4, -0.2) is 52.2 Å². The van der Waals surface area contributed by atoms with Gasteiger partial charge in [-0.1, -0.05) is 54.6 Å². The molecule has 18 nitrogen and oxygen atoms in total. The first-order valence-electron chi connectivity index (χ1n) is 19.1. The molecule has 1 aliphatic carbocycles. The molecule has 0 aliphatic heterocycles. The third kappa shape index (κ3) is 22.5. The average Bonchev–Trinajstić information content (AvgIpc) is 3.56. The summed E-state index contributed by atoms with van der Waals surface area (Å²) in [5.74, 6) is 1.95. The SMILES string of the molecule is CC(C)=O.CC(C)=O.COc1ccc(N=C2C(=Nc3ccc(OC)cc3)c3cccc4cccc2c34)cc1.[O-][Cl+3]([O-])([O-])[O-].[O-][Cl+3]([O-])([O-])[O-].[OH3+].[Ru+2].c1ccc(-c2cccc(-c3ccccn3)n2)nc1. The first-order chi connectivity index (χ1) is 31.2. The molecule has 1 aliphatic rings. The van der Waals surface area contributed by atoms with E-state index in [9.17, 15) is 9.59 Å². The van der Waals surface area contributed by atoms with Crippen LogP contribution >= 0.6 is 0 Å². The molecule has 68 heavy (non-hydrogen) atoms. The molecule has 21 heteroatoms. The van der Waals surface area contributed by atoms with Crippen molar-refractivity contribution in [2.45, 2.75) is 27.7 Å². The van der Waals surface area contributed by atoms with Crippen molar-refractivity contribution in [3.63, 3.8) is 0 Å². The van der Waals surface area contributed by atoms with Crippen molar-refractivity contribution < 1.29 is 102 Å². The second-order valence-electron chi connectivity index (χ2n) is 13.4. The van der Waals surface area contributed by atoms with Gasteiger partial charge in [0.1, 0.15) is 23.1 Å². The average molecular weight is 1060 g/mol. The summed E-state index contributed by atoms with van der Waals surface area (Å²) in [6.45, 7) is 6.11. The van der Waals surface area contributed by atoms with Gasteiger partial charge in [-0.2, -0.15) is 0 Å². The number of carbonyl (C=O) groups excluding carboxylic acids is 2. The van der Waals surface area contributed by atoms with E-state index in [1.54, 1.807) is 26.6 Å². The second-order valence-corrected chi connectivity index (χ2v) is 14.9. The molecule has 3 heterocycles. The summed E-state index contributed by atoms with van der Waals surface area (Å²) >= 11 is 0. The Balaban J connectivity index is 0.000000515. The van der Waals surface area contributed by atoms with Crippen LogP contribution in [0.25, 0.3) is 33.5 Å². The Morgan fingerprint density at radius 2 is 0.779 bits per heavy atom. The number of aromatic nitrogens is 3. The number of benzene rings is 4. The van der Waals surface area contributed by atoms with Gasteiger partial charge in [0.25, 0.3) is 0 Å². The molecule has 3 N–H and O–H groups in total. The Bertz CT molecular complexity index is 2490. The van der Waals surface area contributed by atoms with E-state index in [1.165, 1.54) is 38.5 Å². The topological polar surface area (TPSA) is 333 Å². The maximum atomic E-state index is 9.44. The van der Waals surface area contributed by atoms with E-state index in [-0.39, 0.29) is 36.5 Å². The van der Waals surface area contributed by atoms with Gasteiger partial charge in [-0.25, -0.2) is 52.2 Å². The smallest absolute Gasteiger partial charge is 0.497 e. The molecule has 3 aromatic heterocycles. The summed E-state index contributed by atoms with van der Waals surface area (Å²) in [7, 11) is -6.57. The van der Waals surface area contributed by atoms with Gasteiger partial charge in [-0.15, -0.1) is 20.5 Å². The van der Waals surface area contributed by atoms with E-state index in [4.69, 9.17) is 56.7 Å². The predicted molar refractivity (Wildman–Crippen MR) is 231 cm³/mol. The van der Waals surface area contributed by atoms with E-state index in [2.05, 4.69) is 51.4 Å². The monoisotopic (exact) mass is 1060 g/mol. The zero-order chi connectivity index (χ0) is 48.9. The molecule has 0 bridgehead atoms. The molecule has 8 rings (SSSR count). The number of halogens is 2. The van der Waals surface area contributed by atoms with Crippen molar-refractivity contribution in [3.8, 4) is 34.3 Å². The number of hydrogen-bond acceptors (Lipinski definition) is 17. The summed E-state index contributed by atoms with van der Waals surface area (Å²) in [5, 5.41) is 2.38. The van der Waals surface area contributed by atoms with Crippen LogP contribution in [-0.2, 0) is 34.5 Å². The van der Waals surface area contributed by atoms with Gasteiger partial charge in [0.2, 0.25) is 0 Å². The Labute approximate surface area is 409 Å². The van der Waals surface area contributed by atoms with Crippen LogP contribution in [0, 0.1) is 20.5 Å². The molecule has 4 aromatic carbocycles. The van der Waals surface area contributed by atoms with Crippen molar-refractivity contribution in [3.05, 3.63) is 163 Å². The van der Waals surface area contributed by atoms with E-state index < -0.39 is 20.5 Å². The number of ether oxygens (including phenoxy) is 2. The van der Waals surface area contributed by atoms with Gasteiger partial charge in [0, 0.05) is 28.9 Å². The summed E-state index contributed by atoms with van der Waals surface area (Å²) in [6, 6.07) is 45.6. The van der Waals surface area contributed by atoms with E-state index >= 15 is 0 Å². The number of methoxy groups -OCH3 is 2. The van der Waals surface area contributed by atoms with Crippen molar-refractivity contribution >= 4 is 45.1 Å². The van der Waals surface area contributed by atoms with E-state index in [0.29, 0.717) is 0 Å². The molecule has 0 unspecified atom stereocenters. The molecule has 0 radical (unpaired) electrons. The van der Waals surface area contributed by atoms with E-state index in [1.807, 2.05) is 103 Å². The summed E-state index contributed by atoms with van der Waals surface area (Å²) in [6.07, 6.45) is 3.54. The minimum atomic E-state index is -4.94. The molecule has 0 saturated heterocycles. The van der Waals surface area contributed by atoms with Crippen LogP contribution < -0.4 is 46.7 Å². The van der Waals surface area contributed by atoms with Crippen molar-refractivity contribution in [2.75, 3.05) is 14.2 Å². The standard InChI is InChI=1S/C26H20N2O2.C15H11N3.2C3H6O.2ClHO4.H2O.Ru/c1-29-20-13-9-18(10-14-20)27-25-22-7-3-5-17-6-4-8-23(24(17)22)26(25)28-19-11-15-21(30-2)16-12-19;1-3-10-16-12(6-1)14-8-5-9-15(18-14)13-7-2-4-11-17-13;2*1-3(2)4;2*2-1(3,4)5;;/h3-16H,1-2H3;1-11H;2*1-2H3;2*(H,2,3,4,5);1H2;/q;;;;;;;+2/p-1. The number of rotatable bonds is 6.